The van der Waals surface area contributed by atoms with E-state index in [2.05, 4.69) is 42.6 Å². The van der Waals surface area contributed by atoms with Gasteiger partial charge in [0.2, 0.25) is 0 Å². The van der Waals surface area contributed by atoms with Gasteiger partial charge < -0.3 is 10.1 Å². The lowest BCUT2D eigenvalue weighted by Crippen LogP contribution is -2.39. The summed E-state index contributed by atoms with van der Waals surface area (Å²) in [7, 11) is 0. The maximum atomic E-state index is 5.92. The van der Waals surface area contributed by atoms with Crippen molar-refractivity contribution in [3.8, 4) is 0 Å². The van der Waals surface area contributed by atoms with E-state index >= 15 is 0 Å². The predicted octanol–water partition coefficient (Wildman–Crippen LogP) is 3.80. The van der Waals surface area contributed by atoms with Crippen LogP contribution in [0.25, 0.3) is 0 Å². The number of ether oxygens (including phenoxy) is 1. The van der Waals surface area contributed by atoms with Crippen molar-refractivity contribution in [3.63, 3.8) is 0 Å². The molecule has 2 nitrogen and oxygen atoms in total. The molecule has 1 atom stereocenters. The average Bonchev–Trinajstić information content (AvgIpc) is 3.01. The minimum Gasteiger partial charge on any atom is -0.380 e. The molecule has 112 valence electrons. The van der Waals surface area contributed by atoms with Crippen LogP contribution in [0, 0.1) is 5.92 Å². The molecule has 1 aliphatic rings. The van der Waals surface area contributed by atoms with Crippen molar-refractivity contribution in [2.75, 3.05) is 19.8 Å². The third-order valence-electron chi connectivity index (χ3n) is 4.33. The zero-order valence-electron chi connectivity index (χ0n) is 12.8. The Morgan fingerprint density at radius 1 is 1.20 bits per heavy atom. The van der Waals surface area contributed by atoms with Crippen LogP contribution in [0.15, 0.2) is 30.3 Å². The number of likely N-dealkylation sites (N-methyl/N-ethyl adjacent to an activating group) is 1. The Bertz CT molecular complexity index is 346. The lowest BCUT2D eigenvalue weighted by Gasteiger charge is -2.24. The van der Waals surface area contributed by atoms with E-state index in [0.29, 0.717) is 6.04 Å². The molecule has 1 aliphatic carbocycles. The molecule has 1 fully saturated rings. The van der Waals surface area contributed by atoms with E-state index in [-0.39, 0.29) is 0 Å². The summed E-state index contributed by atoms with van der Waals surface area (Å²) in [5.74, 6) is 0.837. The molecule has 1 unspecified atom stereocenters. The van der Waals surface area contributed by atoms with E-state index < -0.39 is 0 Å². The Hall–Kier alpha value is -0.860. The van der Waals surface area contributed by atoms with Crippen molar-refractivity contribution < 1.29 is 4.74 Å². The van der Waals surface area contributed by atoms with Gasteiger partial charge in [-0.05, 0) is 43.7 Å². The zero-order chi connectivity index (χ0) is 14.0. The number of hydrogen-bond donors (Lipinski definition) is 1. The lowest BCUT2D eigenvalue weighted by molar-refractivity contribution is 0.0925. The second-order valence-corrected chi connectivity index (χ2v) is 5.87. The largest absolute Gasteiger partial charge is 0.380 e. The zero-order valence-corrected chi connectivity index (χ0v) is 12.8. The van der Waals surface area contributed by atoms with E-state index in [4.69, 9.17) is 4.74 Å². The van der Waals surface area contributed by atoms with Gasteiger partial charge in [0.05, 0.1) is 6.61 Å². The fraction of sp³-hybridized carbons (Fsp3) is 0.667. The normalized spacial score (nSPS) is 17.4. The van der Waals surface area contributed by atoms with Crippen molar-refractivity contribution >= 4 is 0 Å². The summed E-state index contributed by atoms with van der Waals surface area (Å²) < 4.78 is 5.92. The van der Waals surface area contributed by atoms with Gasteiger partial charge >= 0.3 is 0 Å². The average molecular weight is 275 g/mol. The molecule has 0 amide bonds. The minimum atomic E-state index is 0.569. The lowest BCUT2D eigenvalue weighted by atomic mass is 9.99. The van der Waals surface area contributed by atoms with Crippen molar-refractivity contribution in [1.29, 1.82) is 0 Å². The second-order valence-electron chi connectivity index (χ2n) is 5.87. The van der Waals surface area contributed by atoms with E-state index in [1.807, 2.05) is 0 Å². The topological polar surface area (TPSA) is 21.3 Å². The van der Waals surface area contributed by atoms with E-state index in [1.54, 1.807) is 0 Å². The van der Waals surface area contributed by atoms with Crippen LogP contribution in [0.5, 0.6) is 0 Å². The highest BCUT2D eigenvalue weighted by molar-refractivity contribution is 5.14. The summed E-state index contributed by atoms with van der Waals surface area (Å²) >= 11 is 0. The molecule has 1 aromatic carbocycles. The summed E-state index contributed by atoms with van der Waals surface area (Å²) in [4.78, 5) is 0. The second kappa shape index (κ2) is 9.15. The first-order chi connectivity index (χ1) is 9.90. The van der Waals surface area contributed by atoms with Crippen molar-refractivity contribution in [3.05, 3.63) is 35.9 Å². The molecule has 0 spiro atoms. The third-order valence-corrected chi connectivity index (χ3v) is 4.33. The fourth-order valence-electron chi connectivity index (χ4n) is 3.22. The van der Waals surface area contributed by atoms with Crippen LogP contribution in [0.4, 0.5) is 0 Å². The van der Waals surface area contributed by atoms with Crippen LogP contribution < -0.4 is 5.32 Å². The molecule has 0 aromatic heterocycles. The SMILES string of the molecule is CCNC(COCCCc1ccccc1)C1CCCC1. The molecular formula is C18H29NO. The first kappa shape index (κ1) is 15.5. The molecule has 1 aromatic rings. The molecule has 2 rings (SSSR count). The molecule has 2 heteroatoms. The minimum absolute atomic E-state index is 0.569. The first-order valence-electron chi connectivity index (χ1n) is 8.25. The standard InChI is InChI=1S/C18H29NO/c1-2-19-18(17-12-6-7-13-17)15-20-14-8-11-16-9-4-3-5-10-16/h3-5,9-10,17-19H,2,6-8,11-15H2,1H3. The van der Waals surface area contributed by atoms with E-state index in [0.717, 1.165) is 38.5 Å². The van der Waals surface area contributed by atoms with Crippen molar-refractivity contribution in [1.82, 2.24) is 5.32 Å². The maximum Gasteiger partial charge on any atom is 0.0622 e. The Labute approximate surface area is 123 Å². The van der Waals surface area contributed by atoms with Crippen LogP contribution in [-0.4, -0.2) is 25.8 Å². The van der Waals surface area contributed by atoms with Crippen LogP contribution in [0.1, 0.15) is 44.6 Å². The third kappa shape index (κ3) is 5.26. The number of benzene rings is 1. The van der Waals surface area contributed by atoms with Crippen LogP contribution in [0.3, 0.4) is 0 Å². The molecule has 0 heterocycles. The highest BCUT2D eigenvalue weighted by atomic mass is 16.5. The molecule has 0 saturated heterocycles. The Morgan fingerprint density at radius 3 is 2.65 bits per heavy atom. The Kier molecular flexibility index (Phi) is 7.10. The summed E-state index contributed by atoms with van der Waals surface area (Å²) in [6.45, 7) is 5.00. The molecule has 1 saturated carbocycles. The molecule has 0 radical (unpaired) electrons. The molecular weight excluding hydrogens is 246 g/mol. The van der Waals surface area contributed by atoms with E-state index in [9.17, 15) is 0 Å². The number of rotatable bonds is 9. The Morgan fingerprint density at radius 2 is 1.95 bits per heavy atom. The van der Waals surface area contributed by atoms with Gasteiger partial charge in [0.1, 0.15) is 0 Å². The van der Waals surface area contributed by atoms with Gasteiger partial charge in [-0.1, -0.05) is 50.1 Å². The smallest absolute Gasteiger partial charge is 0.0622 e. The van der Waals surface area contributed by atoms with Gasteiger partial charge in [-0.3, -0.25) is 0 Å². The Balaban J connectivity index is 1.60. The van der Waals surface area contributed by atoms with Crippen LogP contribution >= 0.6 is 0 Å². The summed E-state index contributed by atoms with van der Waals surface area (Å²) in [6.07, 6.45) is 7.81. The summed E-state index contributed by atoms with van der Waals surface area (Å²) in [5, 5.41) is 3.61. The van der Waals surface area contributed by atoms with Crippen LogP contribution in [0.2, 0.25) is 0 Å². The number of hydrogen-bond acceptors (Lipinski definition) is 2. The quantitative estimate of drug-likeness (QED) is 0.692. The fourth-order valence-corrected chi connectivity index (χ4v) is 3.22. The molecule has 0 bridgehead atoms. The number of nitrogens with one attached hydrogen (secondary N) is 1. The van der Waals surface area contributed by atoms with Gasteiger partial charge in [-0.2, -0.15) is 0 Å². The van der Waals surface area contributed by atoms with Crippen molar-refractivity contribution in [2.24, 2.45) is 5.92 Å². The number of aryl methyl sites for hydroxylation is 1. The van der Waals surface area contributed by atoms with Gasteiger partial charge in [-0.25, -0.2) is 0 Å². The van der Waals surface area contributed by atoms with Gasteiger partial charge in [0.15, 0.2) is 0 Å². The van der Waals surface area contributed by atoms with Gasteiger partial charge in [0.25, 0.3) is 0 Å². The monoisotopic (exact) mass is 275 g/mol. The van der Waals surface area contributed by atoms with Crippen LogP contribution in [-0.2, 0) is 11.2 Å². The molecule has 1 N–H and O–H groups in total. The van der Waals surface area contributed by atoms with Gasteiger partial charge in [0, 0.05) is 12.6 Å². The van der Waals surface area contributed by atoms with Crippen molar-refractivity contribution in [2.45, 2.75) is 51.5 Å². The summed E-state index contributed by atoms with van der Waals surface area (Å²) in [6, 6.07) is 11.2. The van der Waals surface area contributed by atoms with Gasteiger partial charge in [-0.15, -0.1) is 0 Å². The summed E-state index contributed by atoms with van der Waals surface area (Å²) in [5.41, 5.74) is 1.41. The highest BCUT2D eigenvalue weighted by Crippen LogP contribution is 2.27. The maximum absolute atomic E-state index is 5.92. The first-order valence-corrected chi connectivity index (χ1v) is 8.25. The molecule has 0 aliphatic heterocycles. The highest BCUT2D eigenvalue weighted by Gasteiger charge is 2.24. The van der Waals surface area contributed by atoms with E-state index in [1.165, 1.54) is 31.2 Å². The molecule has 20 heavy (non-hydrogen) atoms. The predicted molar refractivity (Wildman–Crippen MR) is 85.0 cm³/mol.